The van der Waals surface area contributed by atoms with Crippen LogP contribution in [-0.2, 0) is 6.54 Å². The fraction of sp³-hybridized carbons (Fsp3) is 0.0769. The first-order valence-corrected chi connectivity index (χ1v) is 5.43. The van der Waals surface area contributed by atoms with Crippen molar-refractivity contribution in [3.05, 3.63) is 64.5 Å². The van der Waals surface area contributed by atoms with Gasteiger partial charge in [-0.25, -0.2) is 14.2 Å². The number of nitrogens with zero attached hydrogens (tertiary/aromatic N) is 2. The summed E-state index contributed by atoms with van der Waals surface area (Å²) in [7, 11) is 0. The van der Waals surface area contributed by atoms with Gasteiger partial charge in [-0.15, -0.1) is 0 Å². The van der Waals surface area contributed by atoms with Crippen LogP contribution in [0.5, 0.6) is 0 Å². The van der Waals surface area contributed by atoms with Crippen molar-refractivity contribution in [3.63, 3.8) is 0 Å². The minimum atomic E-state index is -0.493. The Morgan fingerprint density at radius 2 is 2.17 bits per heavy atom. The van der Waals surface area contributed by atoms with Crippen LogP contribution in [0.1, 0.15) is 5.56 Å². The van der Waals surface area contributed by atoms with Crippen LogP contribution in [0.15, 0.2) is 51.8 Å². The highest BCUT2D eigenvalue weighted by Crippen LogP contribution is 2.11. The number of hydrogen-bond acceptors (Lipinski definition) is 3. The van der Waals surface area contributed by atoms with Crippen LogP contribution >= 0.6 is 0 Å². The lowest BCUT2D eigenvalue weighted by Crippen LogP contribution is -2.15. The number of fused-ring (bicyclic) bond motifs is 1. The Labute approximate surface area is 101 Å². The molecule has 0 amide bonds. The normalized spacial score (nSPS) is 10.9. The molecular formula is C13H9FN2O2. The minimum absolute atomic E-state index is 0.237. The van der Waals surface area contributed by atoms with E-state index in [0.29, 0.717) is 16.8 Å². The first-order valence-electron chi connectivity index (χ1n) is 5.43. The lowest BCUT2D eigenvalue weighted by atomic mass is 10.2. The number of oxazole rings is 1. The molecule has 3 aromatic rings. The molecule has 0 spiro atoms. The Kier molecular flexibility index (Phi) is 2.44. The molecule has 4 nitrogen and oxygen atoms in total. The average Bonchev–Trinajstić information content (AvgIpc) is 2.66. The quantitative estimate of drug-likeness (QED) is 0.694. The number of aromatic nitrogens is 2. The van der Waals surface area contributed by atoms with Crippen LogP contribution in [0.2, 0.25) is 0 Å². The highest BCUT2D eigenvalue weighted by molar-refractivity contribution is 5.67. The molecule has 18 heavy (non-hydrogen) atoms. The SMILES string of the molecule is O=c1oc2cccnc2n1Cc1cccc(F)c1. The van der Waals surface area contributed by atoms with Crippen LogP contribution in [0.3, 0.4) is 0 Å². The van der Waals surface area contributed by atoms with E-state index in [9.17, 15) is 9.18 Å². The summed E-state index contributed by atoms with van der Waals surface area (Å²) in [6.07, 6.45) is 1.58. The third-order valence-corrected chi connectivity index (χ3v) is 2.65. The summed E-state index contributed by atoms with van der Waals surface area (Å²) >= 11 is 0. The molecule has 0 aliphatic heterocycles. The molecule has 0 unspecified atom stereocenters. The van der Waals surface area contributed by atoms with Crippen molar-refractivity contribution in [2.45, 2.75) is 6.54 Å². The maximum absolute atomic E-state index is 13.1. The van der Waals surface area contributed by atoms with Gasteiger partial charge >= 0.3 is 5.76 Å². The number of halogens is 1. The zero-order valence-electron chi connectivity index (χ0n) is 9.34. The van der Waals surface area contributed by atoms with Crippen molar-refractivity contribution in [2.75, 3.05) is 0 Å². The fourth-order valence-corrected chi connectivity index (χ4v) is 1.86. The van der Waals surface area contributed by atoms with Crippen LogP contribution < -0.4 is 5.76 Å². The predicted octanol–water partition coefficient (Wildman–Crippen LogP) is 2.18. The van der Waals surface area contributed by atoms with E-state index in [0.717, 1.165) is 0 Å². The van der Waals surface area contributed by atoms with E-state index in [-0.39, 0.29) is 12.4 Å². The molecule has 0 saturated carbocycles. The molecule has 90 valence electrons. The summed E-state index contributed by atoms with van der Waals surface area (Å²) in [4.78, 5) is 15.8. The minimum Gasteiger partial charge on any atom is -0.406 e. The van der Waals surface area contributed by atoms with Gasteiger partial charge in [0, 0.05) is 6.20 Å². The van der Waals surface area contributed by atoms with Gasteiger partial charge in [-0.3, -0.25) is 4.57 Å². The van der Waals surface area contributed by atoms with E-state index in [2.05, 4.69) is 4.98 Å². The molecule has 0 radical (unpaired) electrons. The molecule has 0 saturated heterocycles. The summed E-state index contributed by atoms with van der Waals surface area (Å²) < 4.78 is 19.5. The number of benzene rings is 1. The standard InChI is InChI=1S/C13H9FN2O2/c14-10-4-1-3-9(7-10)8-16-12-11(18-13(16)17)5-2-6-15-12/h1-7H,8H2. The van der Waals surface area contributed by atoms with E-state index >= 15 is 0 Å². The Morgan fingerprint density at radius 1 is 1.28 bits per heavy atom. The van der Waals surface area contributed by atoms with E-state index in [4.69, 9.17) is 4.42 Å². The van der Waals surface area contributed by atoms with Crippen molar-refractivity contribution >= 4 is 11.2 Å². The summed E-state index contributed by atoms with van der Waals surface area (Å²) in [5.41, 5.74) is 1.58. The molecule has 0 bridgehead atoms. The summed E-state index contributed by atoms with van der Waals surface area (Å²) in [5, 5.41) is 0. The molecule has 0 fully saturated rings. The van der Waals surface area contributed by atoms with Gasteiger partial charge in [-0.2, -0.15) is 0 Å². The van der Waals surface area contributed by atoms with Gasteiger partial charge in [0.15, 0.2) is 11.2 Å². The van der Waals surface area contributed by atoms with Crippen molar-refractivity contribution in [1.29, 1.82) is 0 Å². The van der Waals surface area contributed by atoms with Crippen molar-refractivity contribution in [3.8, 4) is 0 Å². The molecule has 5 heteroatoms. The fourth-order valence-electron chi connectivity index (χ4n) is 1.86. The second-order valence-corrected chi connectivity index (χ2v) is 3.91. The van der Waals surface area contributed by atoms with Crippen LogP contribution in [-0.4, -0.2) is 9.55 Å². The van der Waals surface area contributed by atoms with E-state index in [1.54, 1.807) is 30.5 Å². The maximum atomic E-state index is 13.1. The number of hydrogen-bond donors (Lipinski definition) is 0. The maximum Gasteiger partial charge on any atom is 0.421 e. The summed E-state index contributed by atoms with van der Waals surface area (Å²) in [6, 6.07) is 9.46. The molecule has 1 aromatic carbocycles. The monoisotopic (exact) mass is 244 g/mol. The highest BCUT2D eigenvalue weighted by atomic mass is 19.1. The highest BCUT2D eigenvalue weighted by Gasteiger charge is 2.10. The molecule has 0 aliphatic carbocycles. The van der Waals surface area contributed by atoms with Gasteiger partial charge in [0.25, 0.3) is 0 Å². The molecule has 0 N–H and O–H groups in total. The average molecular weight is 244 g/mol. The van der Waals surface area contributed by atoms with Gasteiger partial charge in [-0.05, 0) is 29.8 Å². The Balaban J connectivity index is 2.10. The Morgan fingerprint density at radius 3 is 3.00 bits per heavy atom. The summed E-state index contributed by atoms with van der Waals surface area (Å²) in [6.45, 7) is 0.237. The number of pyridine rings is 1. The van der Waals surface area contributed by atoms with E-state index in [1.807, 2.05) is 0 Å². The van der Waals surface area contributed by atoms with Crippen molar-refractivity contribution in [2.24, 2.45) is 0 Å². The first kappa shape index (κ1) is 10.7. The molecular weight excluding hydrogens is 235 g/mol. The van der Waals surface area contributed by atoms with Gasteiger partial charge in [0.1, 0.15) is 5.82 Å². The van der Waals surface area contributed by atoms with Crippen molar-refractivity contribution < 1.29 is 8.81 Å². The zero-order valence-corrected chi connectivity index (χ0v) is 9.34. The smallest absolute Gasteiger partial charge is 0.406 e. The van der Waals surface area contributed by atoms with Crippen LogP contribution in [0.4, 0.5) is 4.39 Å². The zero-order chi connectivity index (χ0) is 12.5. The number of rotatable bonds is 2. The third kappa shape index (κ3) is 1.79. The molecule has 3 rings (SSSR count). The predicted molar refractivity (Wildman–Crippen MR) is 63.8 cm³/mol. The molecule has 2 aromatic heterocycles. The largest absolute Gasteiger partial charge is 0.421 e. The third-order valence-electron chi connectivity index (χ3n) is 2.65. The van der Waals surface area contributed by atoms with Gasteiger partial charge < -0.3 is 4.42 Å². The van der Waals surface area contributed by atoms with Gasteiger partial charge in [0.2, 0.25) is 0 Å². The van der Waals surface area contributed by atoms with Crippen LogP contribution in [0, 0.1) is 5.82 Å². The van der Waals surface area contributed by atoms with Gasteiger partial charge in [-0.1, -0.05) is 12.1 Å². The Bertz CT molecular complexity index is 761. The Hall–Kier alpha value is -2.43. The molecule has 0 aliphatic rings. The molecule has 2 heterocycles. The van der Waals surface area contributed by atoms with E-state index < -0.39 is 5.76 Å². The summed E-state index contributed by atoms with van der Waals surface area (Å²) in [5.74, 6) is -0.825. The first-order chi connectivity index (χ1) is 8.74. The lowest BCUT2D eigenvalue weighted by molar-refractivity contribution is 0.517. The van der Waals surface area contributed by atoms with Crippen LogP contribution in [0.25, 0.3) is 11.2 Å². The van der Waals surface area contributed by atoms with Crippen molar-refractivity contribution in [1.82, 2.24) is 9.55 Å². The van der Waals surface area contributed by atoms with Gasteiger partial charge in [0.05, 0.1) is 6.54 Å². The second kappa shape index (κ2) is 4.10. The van der Waals surface area contributed by atoms with E-state index in [1.165, 1.54) is 16.7 Å². The molecule has 0 atom stereocenters. The lowest BCUT2D eigenvalue weighted by Gasteiger charge is -2.01. The topological polar surface area (TPSA) is 48.0 Å². The second-order valence-electron chi connectivity index (χ2n) is 3.91.